The third-order valence-electron chi connectivity index (χ3n) is 5.34. The van der Waals surface area contributed by atoms with Crippen molar-refractivity contribution in [3.05, 3.63) is 34.9 Å². The Bertz CT molecular complexity index is 618. The lowest BCUT2D eigenvalue weighted by Gasteiger charge is -2.45. The van der Waals surface area contributed by atoms with Gasteiger partial charge >= 0.3 is 0 Å². The van der Waals surface area contributed by atoms with E-state index in [0.717, 1.165) is 30.6 Å². The largest absolute Gasteiger partial charge is 0.508 e. The van der Waals surface area contributed by atoms with Crippen LogP contribution in [0.15, 0.2) is 23.8 Å². The summed E-state index contributed by atoms with van der Waals surface area (Å²) < 4.78 is 6.14. The van der Waals surface area contributed by atoms with E-state index >= 15 is 0 Å². The number of hydrogen-bond acceptors (Lipinski definition) is 2. The van der Waals surface area contributed by atoms with Crippen molar-refractivity contribution in [3.8, 4) is 11.5 Å². The Kier molecular flexibility index (Phi) is 4.96. The van der Waals surface area contributed by atoms with Gasteiger partial charge in [-0.15, -0.1) is 0 Å². The summed E-state index contributed by atoms with van der Waals surface area (Å²) in [7, 11) is 0. The number of aryl methyl sites for hydroxylation is 1. The first-order chi connectivity index (χ1) is 10.9. The summed E-state index contributed by atoms with van der Waals surface area (Å²) in [4.78, 5) is 0. The van der Waals surface area contributed by atoms with Gasteiger partial charge in [-0.25, -0.2) is 0 Å². The molecule has 0 saturated carbocycles. The van der Waals surface area contributed by atoms with E-state index in [0.29, 0.717) is 17.6 Å². The summed E-state index contributed by atoms with van der Waals surface area (Å²) in [6.45, 7) is 6.60. The van der Waals surface area contributed by atoms with Crippen LogP contribution in [0, 0.1) is 5.92 Å². The Hall–Kier alpha value is -0.710. The third kappa shape index (κ3) is 3.40. The number of alkyl halides is 1. The van der Waals surface area contributed by atoms with Crippen molar-refractivity contribution < 1.29 is 9.84 Å². The molecule has 3 atom stereocenters. The lowest BCUT2D eigenvalue weighted by atomic mass is 9.71. The molecule has 2 aliphatic rings. The topological polar surface area (TPSA) is 29.5 Å². The first-order valence-electron chi connectivity index (χ1n) is 8.81. The first kappa shape index (κ1) is 17.1. The van der Waals surface area contributed by atoms with Gasteiger partial charge in [-0.1, -0.05) is 31.4 Å². The fourth-order valence-corrected chi connectivity index (χ4v) is 5.00. The predicted octanol–water partition coefficient (Wildman–Crippen LogP) is 6.11. The molecule has 3 rings (SSSR count). The maximum absolute atomic E-state index is 10.7. The van der Waals surface area contributed by atoms with Crippen LogP contribution >= 0.6 is 22.6 Å². The summed E-state index contributed by atoms with van der Waals surface area (Å²) in [5.74, 6) is 2.14. The maximum atomic E-state index is 10.7. The first-order valence-corrected chi connectivity index (χ1v) is 9.89. The Balaban J connectivity index is 1.96. The zero-order valence-electron chi connectivity index (χ0n) is 14.4. The number of halogens is 1. The van der Waals surface area contributed by atoms with Gasteiger partial charge in [0, 0.05) is 17.4 Å². The van der Waals surface area contributed by atoms with E-state index in [1.165, 1.54) is 30.4 Å². The van der Waals surface area contributed by atoms with Crippen molar-refractivity contribution in [2.24, 2.45) is 5.92 Å². The maximum Gasteiger partial charge on any atom is 0.160 e. The lowest BCUT2D eigenvalue weighted by molar-refractivity contribution is 0.0867. The highest BCUT2D eigenvalue weighted by molar-refractivity contribution is 14.1. The fourth-order valence-electron chi connectivity index (χ4n) is 4.08. The Morgan fingerprint density at radius 3 is 2.87 bits per heavy atom. The molecular weight excluding hydrogens is 399 g/mol. The molecule has 0 aromatic heterocycles. The number of benzene rings is 1. The van der Waals surface area contributed by atoms with Crippen LogP contribution in [0.3, 0.4) is 0 Å². The SMILES string of the molecule is CCCCCc1cc(O)c2c(c1)O[C@](C)(I)[C@H]1CC=C(C)CC21. The zero-order chi connectivity index (χ0) is 16.6. The van der Waals surface area contributed by atoms with E-state index < -0.39 is 0 Å². The average Bonchev–Trinajstić information content (AvgIpc) is 2.46. The molecular formula is C20H27IO2. The number of unbranched alkanes of at least 4 members (excludes halogenated alkanes) is 2. The number of phenols is 1. The van der Waals surface area contributed by atoms with Crippen LogP contribution < -0.4 is 4.74 Å². The van der Waals surface area contributed by atoms with Gasteiger partial charge < -0.3 is 9.84 Å². The summed E-state index contributed by atoms with van der Waals surface area (Å²) in [5.41, 5.74) is 3.66. The molecule has 1 aromatic rings. The van der Waals surface area contributed by atoms with Gasteiger partial charge in [0.25, 0.3) is 0 Å². The van der Waals surface area contributed by atoms with Crippen molar-refractivity contribution in [3.63, 3.8) is 0 Å². The smallest absolute Gasteiger partial charge is 0.160 e. The zero-order valence-corrected chi connectivity index (χ0v) is 16.5. The number of fused-ring (bicyclic) bond motifs is 3. The minimum Gasteiger partial charge on any atom is -0.508 e. The molecule has 1 heterocycles. The van der Waals surface area contributed by atoms with Gasteiger partial charge in [0.2, 0.25) is 0 Å². The fraction of sp³-hybridized carbons (Fsp3) is 0.600. The highest BCUT2D eigenvalue weighted by Gasteiger charge is 2.46. The Labute approximate surface area is 153 Å². The molecule has 1 N–H and O–H groups in total. The molecule has 0 fully saturated rings. The van der Waals surface area contributed by atoms with Crippen LogP contribution in [0.1, 0.15) is 69.9 Å². The molecule has 0 saturated heterocycles. The molecule has 1 aliphatic heterocycles. The van der Waals surface area contributed by atoms with Crippen molar-refractivity contribution in [2.75, 3.05) is 0 Å². The predicted molar refractivity (Wildman–Crippen MR) is 104 cm³/mol. The van der Waals surface area contributed by atoms with Crippen LogP contribution in [-0.2, 0) is 6.42 Å². The second-order valence-corrected chi connectivity index (χ2v) is 9.42. The minimum atomic E-state index is -0.207. The molecule has 1 unspecified atom stereocenters. The van der Waals surface area contributed by atoms with Crippen molar-refractivity contribution in [1.82, 2.24) is 0 Å². The number of hydrogen-bond donors (Lipinski definition) is 1. The molecule has 2 nitrogen and oxygen atoms in total. The van der Waals surface area contributed by atoms with Crippen molar-refractivity contribution >= 4 is 22.6 Å². The van der Waals surface area contributed by atoms with Crippen molar-refractivity contribution in [2.45, 2.75) is 68.8 Å². The van der Waals surface area contributed by atoms with Crippen LogP contribution in [0.25, 0.3) is 0 Å². The molecule has 0 radical (unpaired) electrons. The molecule has 1 aromatic carbocycles. The average molecular weight is 426 g/mol. The van der Waals surface area contributed by atoms with Gasteiger partial charge in [-0.2, -0.15) is 0 Å². The second-order valence-electron chi connectivity index (χ2n) is 7.28. The quantitative estimate of drug-likeness (QED) is 0.273. The second kappa shape index (κ2) is 6.66. The van der Waals surface area contributed by atoms with E-state index in [1.54, 1.807) is 0 Å². The standard InChI is InChI=1S/C20H27IO2/c1-4-5-6-7-14-11-17(22)19-15-10-13(2)8-9-16(15)20(3,21)23-18(19)12-14/h8,11-12,15-16,22H,4-7,9-10H2,1-3H3/t15?,16-,20-/m0/s1. The van der Waals surface area contributed by atoms with E-state index in [-0.39, 0.29) is 3.61 Å². The van der Waals surface area contributed by atoms with Gasteiger partial charge in [-0.3, -0.25) is 0 Å². The molecule has 1 aliphatic carbocycles. The summed E-state index contributed by atoms with van der Waals surface area (Å²) in [5, 5.41) is 10.7. The summed E-state index contributed by atoms with van der Waals surface area (Å²) in [6, 6.07) is 4.14. The molecule has 0 amide bonds. The third-order valence-corrected chi connectivity index (χ3v) is 6.36. The van der Waals surface area contributed by atoms with Crippen LogP contribution in [0.2, 0.25) is 0 Å². The van der Waals surface area contributed by atoms with E-state index in [4.69, 9.17) is 4.74 Å². The van der Waals surface area contributed by atoms with E-state index in [2.05, 4.69) is 55.5 Å². The van der Waals surface area contributed by atoms with Gasteiger partial charge in [0.05, 0.1) is 0 Å². The minimum absolute atomic E-state index is 0.207. The lowest BCUT2D eigenvalue weighted by Crippen LogP contribution is -2.43. The number of aromatic hydroxyl groups is 1. The molecule has 0 spiro atoms. The number of phenolic OH excluding ortho intramolecular Hbond substituents is 1. The molecule has 23 heavy (non-hydrogen) atoms. The summed E-state index contributed by atoms with van der Waals surface area (Å²) in [6.07, 6.45) is 9.04. The number of rotatable bonds is 4. The molecule has 3 heteroatoms. The highest BCUT2D eigenvalue weighted by atomic mass is 127. The van der Waals surface area contributed by atoms with Gasteiger partial charge in [0.15, 0.2) is 3.61 Å². The normalized spacial score (nSPS) is 29.3. The van der Waals surface area contributed by atoms with Crippen molar-refractivity contribution in [1.29, 1.82) is 0 Å². The number of ether oxygens (including phenoxy) is 1. The molecule has 0 bridgehead atoms. The van der Waals surface area contributed by atoms with E-state index in [1.807, 2.05) is 6.07 Å². The van der Waals surface area contributed by atoms with Crippen LogP contribution in [0.5, 0.6) is 11.5 Å². The Morgan fingerprint density at radius 2 is 2.13 bits per heavy atom. The van der Waals surface area contributed by atoms with Crippen LogP contribution in [0.4, 0.5) is 0 Å². The van der Waals surface area contributed by atoms with E-state index in [9.17, 15) is 5.11 Å². The van der Waals surface area contributed by atoms with Gasteiger partial charge in [-0.05, 0) is 79.8 Å². The summed E-state index contributed by atoms with van der Waals surface area (Å²) >= 11 is 2.45. The highest BCUT2D eigenvalue weighted by Crippen LogP contribution is 2.56. The Morgan fingerprint density at radius 1 is 1.35 bits per heavy atom. The monoisotopic (exact) mass is 426 g/mol. The van der Waals surface area contributed by atoms with Crippen LogP contribution in [-0.4, -0.2) is 8.71 Å². The van der Waals surface area contributed by atoms with Gasteiger partial charge in [0.1, 0.15) is 11.5 Å². The molecule has 126 valence electrons. The number of allylic oxidation sites excluding steroid dienone is 2.